The number of hydrogen-bond acceptors (Lipinski definition) is 7. The zero-order valence-electron chi connectivity index (χ0n) is 24.6. The highest BCUT2D eigenvalue weighted by molar-refractivity contribution is 7.89. The molecule has 4 N–H and O–H groups in total. The Morgan fingerprint density at radius 1 is 1.20 bits per heavy atom. The fraction of sp³-hybridized carbons (Fsp3) is 0.517. The summed E-state index contributed by atoms with van der Waals surface area (Å²) in [5, 5.41) is 9.82. The number of aromatic amines is 1. The number of aromatic nitrogens is 1. The smallest absolute Gasteiger partial charge is 0.475 e. The van der Waals surface area contributed by atoms with Crippen molar-refractivity contribution in [2.24, 2.45) is 5.73 Å². The van der Waals surface area contributed by atoms with Crippen molar-refractivity contribution in [1.29, 1.82) is 0 Å². The first-order valence-corrected chi connectivity index (χ1v) is 16.3. The molecule has 3 heterocycles. The minimum atomic E-state index is -5.08. The minimum absolute atomic E-state index is 0.118. The van der Waals surface area contributed by atoms with E-state index in [1.807, 2.05) is 18.3 Å². The summed E-state index contributed by atoms with van der Waals surface area (Å²) in [7, 11) is -1.44. The Kier molecular flexibility index (Phi) is 12.5. The van der Waals surface area contributed by atoms with Gasteiger partial charge in [-0.05, 0) is 79.3 Å². The molecule has 15 heteroatoms. The predicted molar refractivity (Wildman–Crippen MR) is 166 cm³/mol. The van der Waals surface area contributed by atoms with Gasteiger partial charge in [-0.15, -0.1) is 0 Å². The number of nitrogens with one attached hydrogen (secondary N) is 1. The lowest BCUT2D eigenvalue weighted by Gasteiger charge is -2.31. The molecular weight excluding hydrogens is 621 g/mol. The number of halogens is 3. The third-order valence-corrected chi connectivity index (χ3v) is 10.1. The summed E-state index contributed by atoms with van der Waals surface area (Å²) in [4.78, 5) is 27.0. The number of carbonyl (C=O) groups is 2. The van der Waals surface area contributed by atoms with Gasteiger partial charge in [-0.25, -0.2) is 17.5 Å². The number of thiol groups is 1. The molecule has 1 aromatic heterocycles. The predicted octanol–water partition coefficient (Wildman–Crippen LogP) is 4.37. The van der Waals surface area contributed by atoms with Crippen molar-refractivity contribution in [3.63, 3.8) is 0 Å². The number of carbonyl (C=O) groups excluding carboxylic acids is 1. The van der Waals surface area contributed by atoms with Crippen LogP contribution in [-0.4, -0.2) is 97.5 Å². The first kappa shape index (κ1) is 35.6. The van der Waals surface area contributed by atoms with Crippen LogP contribution in [-0.2, 0) is 19.6 Å². The molecule has 0 radical (unpaired) electrons. The normalized spacial score (nSPS) is 19.4. The van der Waals surface area contributed by atoms with E-state index in [0.717, 1.165) is 66.6 Å². The maximum Gasteiger partial charge on any atom is 0.490 e. The van der Waals surface area contributed by atoms with Crippen LogP contribution in [0, 0.1) is 0 Å². The monoisotopic (exact) mass is 660 g/mol. The van der Waals surface area contributed by atoms with Gasteiger partial charge in [0.15, 0.2) is 0 Å². The number of aliphatic carboxylic acids is 1. The van der Waals surface area contributed by atoms with E-state index in [9.17, 15) is 26.4 Å². The number of sulfonamides is 1. The van der Waals surface area contributed by atoms with E-state index in [4.69, 9.17) is 20.4 Å². The molecule has 2 aliphatic heterocycles. The molecule has 10 nitrogen and oxygen atoms in total. The van der Waals surface area contributed by atoms with Gasteiger partial charge in [0.05, 0.1) is 23.4 Å². The number of nitrogens with zero attached hydrogens (tertiary/aromatic N) is 2. The summed E-state index contributed by atoms with van der Waals surface area (Å²) in [6.07, 6.45) is 4.82. The highest BCUT2D eigenvalue weighted by Gasteiger charge is 2.38. The van der Waals surface area contributed by atoms with Crippen LogP contribution >= 0.6 is 12.6 Å². The van der Waals surface area contributed by atoms with Crippen molar-refractivity contribution in [3.8, 4) is 0 Å². The molecule has 0 saturated carbocycles. The molecule has 44 heavy (non-hydrogen) atoms. The lowest BCUT2D eigenvalue weighted by Crippen LogP contribution is -2.38. The Bertz CT molecular complexity index is 1480. The highest BCUT2D eigenvalue weighted by atomic mass is 32.2. The van der Waals surface area contributed by atoms with Crippen LogP contribution in [0.5, 0.6) is 0 Å². The van der Waals surface area contributed by atoms with Crippen LogP contribution < -0.4 is 5.73 Å². The topological polar surface area (TPSA) is 146 Å². The number of amides is 1. The number of piperidine rings is 1. The number of likely N-dealkylation sites (tertiary alicyclic amines) is 1. The van der Waals surface area contributed by atoms with Crippen LogP contribution in [0.1, 0.15) is 60.0 Å². The zero-order valence-corrected chi connectivity index (χ0v) is 26.4. The molecule has 0 aliphatic carbocycles. The molecule has 0 bridgehead atoms. The first-order valence-electron chi connectivity index (χ1n) is 14.2. The quantitative estimate of drug-likeness (QED) is 0.219. The van der Waals surface area contributed by atoms with Gasteiger partial charge in [-0.1, -0.05) is 12.2 Å². The minimum Gasteiger partial charge on any atom is -0.475 e. The van der Waals surface area contributed by atoms with Crippen LogP contribution in [0.15, 0.2) is 35.9 Å². The second-order valence-electron chi connectivity index (χ2n) is 10.7. The average Bonchev–Trinajstić information content (AvgIpc) is 3.61. The number of hydrogen-bond donors (Lipinski definition) is 4. The number of fused-ring (bicyclic) bond motifs is 1. The van der Waals surface area contributed by atoms with Gasteiger partial charge in [0.25, 0.3) is 5.91 Å². The standard InChI is InChI=1S/C27H38N4O4S2.C2HF3O2/c1-3-37(33,34)31-12-8-19(9-13-31)25-16-29-26-23(25)14-21(15-24(26)27(28)32)20(18-36)6-4-10-30-11-5-7-22(30)17-35-2;3-2(4,5)1(6)7/h4,6,14-16,18-19,22,29,36H,3,5,7-13,17H2,1-2H3,(H2,28,32);(H,6,7)/b6-4+,20-18+;. The Hall–Kier alpha value is -2.85. The number of ether oxygens (including phenoxy) is 1. The summed E-state index contributed by atoms with van der Waals surface area (Å²) in [5.41, 5.74) is 9.79. The number of rotatable bonds is 10. The molecular formula is C29H39F3N4O6S2. The van der Waals surface area contributed by atoms with Crippen molar-refractivity contribution in [2.75, 3.05) is 45.6 Å². The number of allylic oxidation sites excluding steroid dienone is 2. The second kappa shape index (κ2) is 15.4. The molecule has 1 atom stereocenters. The zero-order chi connectivity index (χ0) is 32.7. The molecule has 2 aromatic rings. The molecule has 0 spiro atoms. The van der Waals surface area contributed by atoms with Gasteiger partial charge in [0, 0.05) is 44.4 Å². The molecule has 244 valence electrons. The number of nitrogens with two attached hydrogens (primary N) is 1. The van der Waals surface area contributed by atoms with Crippen molar-refractivity contribution in [3.05, 3.63) is 52.6 Å². The summed E-state index contributed by atoms with van der Waals surface area (Å²) in [6, 6.07) is 4.34. The van der Waals surface area contributed by atoms with E-state index >= 15 is 0 Å². The van der Waals surface area contributed by atoms with Gasteiger partial charge < -0.3 is 20.6 Å². The lowest BCUT2D eigenvalue weighted by atomic mass is 9.88. The summed E-state index contributed by atoms with van der Waals surface area (Å²) in [5.74, 6) is -2.94. The molecule has 4 rings (SSSR count). The Labute approximate surface area is 260 Å². The van der Waals surface area contributed by atoms with Gasteiger partial charge in [-0.3, -0.25) is 9.69 Å². The number of alkyl halides is 3. The maximum atomic E-state index is 12.4. The Balaban J connectivity index is 0.000000676. The highest BCUT2D eigenvalue weighted by Crippen LogP contribution is 2.36. The first-order chi connectivity index (χ1) is 20.7. The number of benzene rings is 1. The third-order valence-electron chi connectivity index (χ3n) is 7.95. The third kappa shape index (κ3) is 8.87. The molecule has 1 aromatic carbocycles. The number of carboxylic acids is 1. The van der Waals surface area contributed by atoms with Gasteiger partial charge in [0.1, 0.15) is 0 Å². The fourth-order valence-electron chi connectivity index (χ4n) is 5.62. The fourth-order valence-corrected chi connectivity index (χ4v) is 6.99. The summed E-state index contributed by atoms with van der Waals surface area (Å²) < 4.78 is 63.3. The van der Waals surface area contributed by atoms with Crippen LogP contribution in [0.25, 0.3) is 16.5 Å². The number of primary amides is 1. The molecule has 2 saturated heterocycles. The van der Waals surface area contributed by atoms with Crippen molar-refractivity contribution in [2.45, 2.75) is 50.7 Å². The van der Waals surface area contributed by atoms with E-state index in [-0.39, 0.29) is 11.7 Å². The van der Waals surface area contributed by atoms with Crippen molar-refractivity contribution < 1.29 is 41.0 Å². The van der Waals surface area contributed by atoms with Crippen LogP contribution in [0.2, 0.25) is 0 Å². The van der Waals surface area contributed by atoms with Crippen LogP contribution in [0.4, 0.5) is 13.2 Å². The van der Waals surface area contributed by atoms with E-state index in [0.29, 0.717) is 24.7 Å². The van der Waals surface area contributed by atoms with Crippen LogP contribution in [0.3, 0.4) is 0 Å². The number of carboxylic acid groups (broad SMARTS) is 1. The molecule has 1 amide bonds. The second-order valence-corrected chi connectivity index (χ2v) is 13.2. The van der Waals surface area contributed by atoms with E-state index in [1.165, 1.54) is 6.42 Å². The van der Waals surface area contributed by atoms with Crippen molar-refractivity contribution >= 4 is 51.0 Å². The SMILES string of the molecule is CCS(=O)(=O)N1CCC(c2c[nH]c3c(C(N)=O)cc(C(/C=C/CN4CCCC4COC)=C/S)cc23)CC1.O=C(O)C(F)(F)F. The maximum absolute atomic E-state index is 12.4. The number of methoxy groups -OCH3 is 1. The Morgan fingerprint density at radius 2 is 1.86 bits per heavy atom. The van der Waals surface area contributed by atoms with E-state index < -0.39 is 28.1 Å². The molecule has 2 fully saturated rings. The summed E-state index contributed by atoms with van der Waals surface area (Å²) >= 11 is 4.47. The van der Waals surface area contributed by atoms with E-state index in [2.05, 4.69) is 34.7 Å². The molecule has 1 unspecified atom stereocenters. The summed E-state index contributed by atoms with van der Waals surface area (Å²) in [6.45, 7) is 5.29. The molecule has 2 aliphatic rings. The van der Waals surface area contributed by atoms with E-state index in [1.54, 1.807) is 23.7 Å². The van der Waals surface area contributed by atoms with Gasteiger partial charge in [0.2, 0.25) is 10.0 Å². The number of H-pyrrole nitrogens is 1. The Morgan fingerprint density at radius 3 is 2.41 bits per heavy atom. The average molecular weight is 661 g/mol. The lowest BCUT2D eigenvalue weighted by molar-refractivity contribution is -0.192. The largest absolute Gasteiger partial charge is 0.490 e. The van der Waals surface area contributed by atoms with Gasteiger partial charge >= 0.3 is 12.1 Å². The van der Waals surface area contributed by atoms with Gasteiger partial charge in [-0.2, -0.15) is 25.8 Å². The van der Waals surface area contributed by atoms with Crippen molar-refractivity contribution in [1.82, 2.24) is 14.2 Å².